The molecule has 0 spiro atoms. The number of imidazole rings is 1. The number of rotatable bonds is 8. The van der Waals surface area contributed by atoms with Crippen molar-refractivity contribution in [2.24, 2.45) is 0 Å². The predicted molar refractivity (Wildman–Crippen MR) is 150 cm³/mol. The van der Waals surface area contributed by atoms with Crippen LogP contribution in [0.1, 0.15) is 18.2 Å². The van der Waals surface area contributed by atoms with Crippen LogP contribution in [0.25, 0.3) is 10.6 Å². The number of piperazine rings is 1. The molecule has 0 N–H and O–H groups in total. The maximum absolute atomic E-state index is 12.8. The molecule has 42 heavy (non-hydrogen) atoms. The number of aromatic nitrogens is 3. The Labute approximate surface area is 243 Å². The van der Waals surface area contributed by atoms with Gasteiger partial charge in [-0.2, -0.15) is 13.2 Å². The minimum absolute atomic E-state index is 0.219. The van der Waals surface area contributed by atoms with Gasteiger partial charge in [0, 0.05) is 54.3 Å². The lowest BCUT2D eigenvalue weighted by molar-refractivity contribution is -0.389. The first kappa shape index (κ1) is 28.0. The lowest BCUT2D eigenvalue weighted by atomic mass is 10.1. The van der Waals surface area contributed by atoms with E-state index in [9.17, 15) is 23.3 Å². The number of alkyl halides is 3. The van der Waals surface area contributed by atoms with E-state index < -0.39 is 22.3 Å². The van der Waals surface area contributed by atoms with Crippen LogP contribution in [0.3, 0.4) is 0 Å². The van der Waals surface area contributed by atoms with Crippen LogP contribution in [0, 0.1) is 10.1 Å². The van der Waals surface area contributed by atoms with Crippen LogP contribution in [0.5, 0.6) is 11.8 Å². The van der Waals surface area contributed by atoms with Crippen molar-refractivity contribution >= 4 is 22.8 Å². The maximum Gasteiger partial charge on any atom is 0.416 e. The summed E-state index contributed by atoms with van der Waals surface area (Å²) in [5.74, 6) is 0.462. The maximum atomic E-state index is 12.8. The van der Waals surface area contributed by atoms with Gasteiger partial charge in [-0.3, -0.25) is 9.47 Å². The van der Waals surface area contributed by atoms with E-state index in [1.807, 2.05) is 36.6 Å². The third kappa shape index (κ3) is 6.04. The van der Waals surface area contributed by atoms with Crippen LogP contribution < -0.4 is 14.4 Å². The minimum atomic E-state index is -4.35. The molecule has 4 heterocycles. The fourth-order valence-corrected chi connectivity index (χ4v) is 5.87. The van der Waals surface area contributed by atoms with E-state index in [0.29, 0.717) is 29.4 Å². The smallest absolute Gasteiger partial charge is 0.416 e. The van der Waals surface area contributed by atoms with Gasteiger partial charge in [-0.25, -0.2) is 4.98 Å². The Balaban J connectivity index is 0.969. The highest BCUT2D eigenvalue weighted by Gasteiger charge is 2.41. The van der Waals surface area contributed by atoms with Crippen LogP contribution in [0.4, 0.5) is 24.7 Å². The molecule has 0 amide bonds. The molecule has 0 unspecified atom stereocenters. The molecule has 0 saturated carbocycles. The molecule has 1 fully saturated rings. The second kappa shape index (κ2) is 10.9. The highest BCUT2D eigenvalue weighted by atomic mass is 32.1. The second-order valence-corrected chi connectivity index (χ2v) is 11.4. The summed E-state index contributed by atoms with van der Waals surface area (Å²) < 4.78 is 52.0. The van der Waals surface area contributed by atoms with E-state index >= 15 is 0 Å². The molecule has 1 atom stereocenters. The number of benzene rings is 2. The number of hydrogen-bond acceptors (Lipinski definition) is 9. The van der Waals surface area contributed by atoms with Crippen molar-refractivity contribution in [3.05, 3.63) is 81.5 Å². The Kier molecular flexibility index (Phi) is 7.27. The molecule has 1 saturated heterocycles. The van der Waals surface area contributed by atoms with Crippen molar-refractivity contribution in [1.29, 1.82) is 0 Å². The molecule has 0 aliphatic carbocycles. The van der Waals surface area contributed by atoms with Gasteiger partial charge < -0.3 is 24.5 Å². The van der Waals surface area contributed by atoms with Crippen molar-refractivity contribution in [2.75, 3.05) is 37.7 Å². The molecule has 14 heteroatoms. The molecule has 0 bridgehead atoms. The van der Waals surface area contributed by atoms with E-state index in [-0.39, 0.29) is 18.4 Å². The number of thiazole rings is 1. The summed E-state index contributed by atoms with van der Waals surface area (Å²) in [6.45, 7) is 6.64. The molecular formula is C28H27F3N6O4S. The average Bonchev–Trinajstić information content (AvgIpc) is 3.67. The Bertz CT molecular complexity index is 1540. The molecule has 10 nitrogen and oxygen atoms in total. The van der Waals surface area contributed by atoms with Crippen molar-refractivity contribution in [2.45, 2.75) is 31.8 Å². The van der Waals surface area contributed by atoms with Crippen LogP contribution in [0.2, 0.25) is 0 Å². The fourth-order valence-electron chi connectivity index (χ4n) is 5.05. The fraction of sp³-hybridized carbons (Fsp3) is 0.357. The first-order chi connectivity index (χ1) is 20.0. The average molecular weight is 601 g/mol. The Morgan fingerprint density at radius 2 is 1.79 bits per heavy atom. The van der Waals surface area contributed by atoms with Crippen LogP contribution >= 0.6 is 11.3 Å². The number of nitrogens with zero attached hydrogens (tertiary/aromatic N) is 6. The topological polar surface area (TPSA) is 98.8 Å². The third-order valence-corrected chi connectivity index (χ3v) is 8.21. The summed E-state index contributed by atoms with van der Waals surface area (Å²) in [6, 6.07) is 13.2. The van der Waals surface area contributed by atoms with Gasteiger partial charge >= 0.3 is 18.0 Å². The second-order valence-electron chi connectivity index (χ2n) is 10.6. The zero-order chi connectivity index (χ0) is 29.5. The van der Waals surface area contributed by atoms with E-state index in [1.54, 1.807) is 4.57 Å². The molecule has 220 valence electrons. The van der Waals surface area contributed by atoms with E-state index in [0.717, 1.165) is 49.7 Å². The molecule has 2 aliphatic rings. The minimum Gasteiger partial charge on any atom is -0.489 e. The Morgan fingerprint density at radius 3 is 2.43 bits per heavy atom. The van der Waals surface area contributed by atoms with E-state index in [2.05, 4.69) is 19.8 Å². The van der Waals surface area contributed by atoms with Gasteiger partial charge in [0.1, 0.15) is 23.6 Å². The van der Waals surface area contributed by atoms with E-state index in [4.69, 9.17) is 9.47 Å². The van der Waals surface area contributed by atoms with Gasteiger partial charge in [0.25, 0.3) is 0 Å². The van der Waals surface area contributed by atoms with Gasteiger partial charge in [-0.05, 0) is 48.2 Å². The molecule has 2 aromatic heterocycles. The first-order valence-electron chi connectivity index (χ1n) is 13.3. The molecule has 0 radical (unpaired) electrons. The Morgan fingerprint density at radius 1 is 1.07 bits per heavy atom. The largest absolute Gasteiger partial charge is 0.489 e. The number of fused-ring (bicyclic) bond motifs is 1. The summed E-state index contributed by atoms with van der Waals surface area (Å²) in [6.07, 6.45) is -2.98. The molecule has 6 rings (SSSR count). The lowest BCUT2D eigenvalue weighted by Gasteiger charge is -2.35. The predicted octanol–water partition coefficient (Wildman–Crippen LogP) is 5.49. The lowest BCUT2D eigenvalue weighted by Crippen LogP contribution is -2.46. The van der Waals surface area contributed by atoms with Gasteiger partial charge in [-0.1, -0.05) is 12.1 Å². The van der Waals surface area contributed by atoms with Crippen LogP contribution in [-0.2, 0) is 19.3 Å². The molecule has 2 aromatic carbocycles. The van der Waals surface area contributed by atoms with Crippen molar-refractivity contribution in [3.8, 4) is 22.3 Å². The normalized spacial score (nSPS) is 19.0. The number of ether oxygens (including phenoxy) is 2. The summed E-state index contributed by atoms with van der Waals surface area (Å²) in [5, 5.41) is 13.6. The SMILES string of the molecule is C[C@]1(COc2ccc(N3CCN(Cc4csc(-c5ccc(C(F)(F)F)cc5)n4)CC3)cc2)Cn2cc([N+](=O)[O-])nc2O1. The van der Waals surface area contributed by atoms with Crippen molar-refractivity contribution in [3.63, 3.8) is 0 Å². The van der Waals surface area contributed by atoms with E-state index in [1.165, 1.54) is 29.7 Å². The van der Waals surface area contributed by atoms with Gasteiger partial charge in [0.2, 0.25) is 0 Å². The van der Waals surface area contributed by atoms with Crippen LogP contribution in [0.15, 0.2) is 60.1 Å². The van der Waals surface area contributed by atoms with Crippen molar-refractivity contribution < 1.29 is 27.6 Å². The van der Waals surface area contributed by atoms with Gasteiger partial charge in [-0.15, -0.1) is 11.3 Å². The number of anilines is 1. The monoisotopic (exact) mass is 600 g/mol. The molecule has 2 aliphatic heterocycles. The quantitative estimate of drug-likeness (QED) is 0.194. The number of nitro groups is 1. The summed E-state index contributed by atoms with van der Waals surface area (Å²) in [7, 11) is 0. The number of halogens is 3. The number of hydrogen-bond donors (Lipinski definition) is 0. The molecule has 4 aromatic rings. The summed E-state index contributed by atoms with van der Waals surface area (Å²) in [5.41, 5.74) is 1.34. The highest BCUT2D eigenvalue weighted by Crippen LogP contribution is 2.33. The highest BCUT2D eigenvalue weighted by molar-refractivity contribution is 7.13. The van der Waals surface area contributed by atoms with Gasteiger partial charge in [0.15, 0.2) is 5.60 Å². The molecular weight excluding hydrogens is 573 g/mol. The van der Waals surface area contributed by atoms with Crippen LogP contribution in [-0.4, -0.2) is 62.7 Å². The van der Waals surface area contributed by atoms with Gasteiger partial charge in [0.05, 0.1) is 17.8 Å². The zero-order valence-corrected chi connectivity index (χ0v) is 23.4. The standard InChI is InChI=1S/C28H27F3N6O4S/c1-27(17-36-15-24(37(38)39)33-26(36)41-27)18-40-23-8-6-22(7-9-23)35-12-10-34(11-13-35)14-21-16-42-25(32-21)19-2-4-20(5-3-19)28(29,30)31/h2-9,15-16H,10-14,17-18H2,1H3/t27-/m1/s1. The van der Waals surface area contributed by atoms with Crippen molar-refractivity contribution in [1.82, 2.24) is 19.4 Å². The first-order valence-corrected chi connectivity index (χ1v) is 14.2. The summed E-state index contributed by atoms with van der Waals surface area (Å²) in [4.78, 5) is 23.5. The third-order valence-electron chi connectivity index (χ3n) is 7.27. The zero-order valence-electron chi connectivity index (χ0n) is 22.6. The summed E-state index contributed by atoms with van der Waals surface area (Å²) >= 11 is 1.44. The Hall–Kier alpha value is -4.17.